The summed E-state index contributed by atoms with van der Waals surface area (Å²) in [5.74, 6) is 1.19. The molecule has 2 atom stereocenters. The number of nitrogens with zero attached hydrogens (tertiary/aromatic N) is 2. The molecular formula is C17H24N4O3. The number of carbonyl (C=O) groups excluding carboxylic acids is 1. The van der Waals surface area contributed by atoms with Crippen molar-refractivity contribution >= 4 is 11.7 Å². The number of aliphatic hydroxyl groups is 1. The van der Waals surface area contributed by atoms with Gasteiger partial charge in [-0.05, 0) is 19.1 Å². The van der Waals surface area contributed by atoms with Gasteiger partial charge in [0.2, 0.25) is 0 Å². The highest BCUT2D eigenvalue weighted by atomic mass is 16.4. The number of urea groups is 1. The largest absolute Gasteiger partial charge is 0.467 e. The number of rotatable bonds is 5. The van der Waals surface area contributed by atoms with Crippen LogP contribution < -0.4 is 10.6 Å². The van der Waals surface area contributed by atoms with Gasteiger partial charge in [-0.3, -0.25) is 0 Å². The van der Waals surface area contributed by atoms with E-state index >= 15 is 0 Å². The van der Waals surface area contributed by atoms with Gasteiger partial charge < -0.3 is 20.2 Å². The molecule has 2 amide bonds. The summed E-state index contributed by atoms with van der Waals surface area (Å²) >= 11 is 0. The summed E-state index contributed by atoms with van der Waals surface area (Å²) in [5.41, 5.74) is 0.372. The van der Waals surface area contributed by atoms with Crippen LogP contribution in [-0.2, 0) is 5.41 Å². The average molecular weight is 332 g/mol. The highest BCUT2D eigenvalue weighted by Crippen LogP contribution is 2.19. The monoisotopic (exact) mass is 332 g/mol. The van der Waals surface area contributed by atoms with E-state index in [2.05, 4.69) is 20.6 Å². The van der Waals surface area contributed by atoms with Gasteiger partial charge in [0.1, 0.15) is 17.7 Å². The number of hydrogen-bond acceptors (Lipinski definition) is 5. The fourth-order valence-corrected chi connectivity index (χ4v) is 2.16. The molecule has 0 radical (unpaired) electrons. The summed E-state index contributed by atoms with van der Waals surface area (Å²) in [6.45, 7) is 7.88. The second kappa shape index (κ2) is 7.44. The summed E-state index contributed by atoms with van der Waals surface area (Å²) in [4.78, 5) is 20.5. The summed E-state index contributed by atoms with van der Waals surface area (Å²) in [6, 6.07) is 2.80. The van der Waals surface area contributed by atoms with Crippen LogP contribution in [0.25, 0.3) is 0 Å². The molecule has 7 nitrogen and oxygen atoms in total. The maximum absolute atomic E-state index is 12.0. The molecule has 0 bridgehead atoms. The van der Waals surface area contributed by atoms with E-state index in [0.29, 0.717) is 23.7 Å². The van der Waals surface area contributed by atoms with Gasteiger partial charge in [-0.25, -0.2) is 14.8 Å². The van der Waals surface area contributed by atoms with Gasteiger partial charge >= 0.3 is 6.03 Å². The van der Waals surface area contributed by atoms with E-state index in [0.717, 1.165) is 0 Å². The molecule has 0 fully saturated rings. The fourth-order valence-electron chi connectivity index (χ4n) is 2.16. The van der Waals surface area contributed by atoms with Crippen LogP contribution in [0.5, 0.6) is 0 Å². The van der Waals surface area contributed by atoms with Crippen molar-refractivity contribution in [3.05, 3.63) is 42.4 Å². The second-order valence-corrected chi connectivity index (χ2v) is 6.81. The number of amides is 2. The van der Waals surface area contributed by atoms with E-state index in [1.807, 2.05) is 27.7 Å². The Morgan fingerprint density at radius 1 is 1.33 bits per heavy atom. The zero-order valence-corrected chi connectivity index (χ0v) is 14.4. The molecule has 2 rings (SSSR count). The van der Waals surface area contributed by atoms with E-state index in [1.165, 1.54) is 6.26 Å². The third-order valence-corrected chi connectivity index (χ3v) is 3.41. The molecule has 2 aromatic rings. The van der Waals surface area contributed by atoms with E-state index in [4.69, 9.17) is 4.42 Å². The minimum absolute atomic E-state index is 0.142. The molecule has 2 aromatic heterocycles. The minimum Gasteiger partial charge on any atom is -0.467 e. The van der Waals surface area contributed by atoms with Crippen LogP contribution in [0.1, 0.15) is 51.8 Å². The van der Waals surface area contributed by atoms with Gasteiger partial charge in [0, 0.05) is 17.9 Å². The van der Waals surface area contributed by atoms with Gasteiger partial charge in [0.15, 0.2) is 0 Å². The van der Waals surface area contributed by atoms with Gasteiger partial charge in [-0.15, -0.1) is 0 Å². The summed E-state index contributed by atoms with van der Waals surface area (Å²) < 4.78 is 5.14. The van der Waals surface area contributed by atoms with Crippen LogP contribution in [0.15, 0.2) is 35.2 Å². The standard InChI is InChI=1S/C17H24N4O3/c1-11(8-13(22)14-6-5-7-24-14)20-16(23)21-12-9-18-15(19-10-12)17(2,3)4/h5-7,9-11,13,22H,8H2,1-4H3,(H2,20,21,23)/t11-,13-/m1/s1. The fraction of sp³-hybridized carbons (Fsp3) is 0.471. The third-order valence-electron chi connectivity index (χ3n) is 3.41. The number of aromatic nitrogens is 2. The highest BCUT2D eigenvalue weighted by Gasteiger charge is 2.18. The molecular weight excluding hydrogens is 308 g/mol. The number of hydrogen-bond donors (Lipinski definition) is 3. The van der Waals surface area contributed by atoms with Crippen LogP contribution in [0.2, 0.25) is 0 Å². The molecule has 2 heterocycles. The van der Waals surface area contributed by atoms with Crippen LogP contribution in [0, 0.1) is 0 Å². The first-order chi connectivity index (χ1) is 11.3. The van der Waals surface area contributed by atoms with Gasteiger partial charge in [-0.1, -0.05) is 20.8 Å². The first kappa shape index (κ1) is 17.9. The van der Waals surface area contributed by atoms with E-state index < -0.39 is 6.10 Å². The van der Waals surface area contributed by atoms with E-state index in [9.17, 15) is 9.90 Å². The van der Waals surface area contributed by atoms with Crippen molar-refractivity contribution in [3.63, 3.8) is 0 Å². The first-order valence-corrected chi connectivity index (χ1v) is 7.87. The number of nitrogens with one attached hydrogen (secondary N) is 2. The third kappa shape index (κ3) is 5.06. The zero-order chi connectivity index (χ0) is 17.7. The molecule has 0 aliphatic heterocycles. The van der Waals surface area contributed by atoms with E-state index in [-0.39, 0.29) is 17.5 Å². The van der Waals surface area contributed by atoms with Crippen LogP contribution in [0.3, 0.4) is 0 Å². The quantitative estimate of drug-likeness (QED) is 0.781. The Kier molecular flexibility index (Phi) is 5.56. The maximum atomic E-state index is 12.0. The second-order valence-electron chi connectivity index (χ2n) is 6.81. The Morgan fingerprint density at radius 3 is 2.54 bits per heavy atom. The van der Waals surface area contributed by atoms with Crippen molar-refractivity contribution in [1.29, 1.82) is 0 Å². The molecule has 0 spiro atoms. The van der Waals surface area contributed by atoms with Gasteiger partial charge in [0.05, 0.1) is 24.3 Å². The predicted octanol–water partition coefficient (Wildman–Crippen LogP) is 3.00. The van der Waals surface area contributed by atoms with Crippen molar-refractivity contribution in [2.24, 2.45) is 0 Å². The number of aliphatic hydroxyl groups excluding tert-OH is 1. The lowest BCUT2D eigenvalue weighted by molar-refractivity contribution is 0.130. The molecule has 0 unspecified atom stereocenters. The van der Waals surface area contributed by atoms with Crippen LogP contribution in [-0.4, -0.2) is 27.1 Å². The summed E-state index contributed by atoms with van der Waals surface area (Å²) in [7, 11) is 0. The Labute approximate surface area is 141 Å². The number of furan rings is 1. The lowest BCUT2D eigenvalue weighted by Crippen LogP contribution is -2.37. The van der Waals surface area contributed by atoms with Gasteiger partial charge in [0.25, 0.3) is 0 Å². The smallest absolute Gasteiger partial charge is 0.319 e. The topological polar surface area (TPSA) is 100 Å². The Bertz CT molecular complexity index is 647. The number of anilines is 1. The molecule has 0 aliphatic carbocycles. The average Bonchev–Trinajstić information content (AvgIpc) is 3.00. The SMILES string of the molecule is C[C@H](C[C@@H](O)c1ccco1)NC(=O)Nc1cnc(C(C)(C)C)nc1. The zero-order valence-electron chi connectivity index (χ0n) is 14.4. The molecule has 0 saturated heterocycles. The van der Waals surface area contributed by atoms with Crippen LogP contribution >= 0.6 is 0 Å². The number of carbonyl (C=O) groups is 1. The van der Waals surface area contributed by atoms with Crippen molar-refractivity contribution in [1.82, 2.24) is 15.3 Å². The molecule has 130 valence electrons. The lowest BCUT2D eigenvalue weighted by Gasteiger charge is -2.18. The Hall–Kier alpha value is -2.41. The molecule has 7 heteroatoms. The molecule has 3 N–H and O–H groups in total. The molecule has 24 heavy (non-hydrogen) atoms. The van der Waals surface area contributed by atoms with Crippen molar-refractivity contribution in [2.75, 3.05) is 5.32 Å². The highest BCUT2D eigenvalue weighted by molar-refractivity contribution is 5.89. The predicted molar refractivity (Wildman–Crippen MR) is 90.6 cm³/mol. The molecule has 0 aromatic carbocycles. The Morgan fingerprint density at radius 2 is 2.00 bits per heavy atom. The summed E-state index contributed by atoms with van der Waals surface area (Å²) in [5, 5.41) is 15.4. The van der Waals surface area contributed by atoms with Crippen LogP contribution in [0.4, 0.5) is 10.5 Å². The first-order valence-electron chi connectivity index (χ1n) is 7.87. The van der Waals surface area contributed by atoms with Crippen molar-refractivity contribution in [2.45, 2.75) is 51.7 Å². The van der Waals surface area contributed by atoms with Crippen molar-refractivity contribution in [3.8, 4) is 0 Å². The maximum Gasteiger partial charge on any atom is 0.319 e. The molecule has 0 aliphatic rings. The minimum atomic E-state index is -0.760. The summed E-state index contributed by atoms with van der Waals surface area (Å²) in [6.07, 6.45) is 4.25. The lowest BCUT2D eigenvalue weighted by atomic mass is 9.96. The molecule has 0 saturated carbocycles. The Balaban J connectivity index is 1.84. The van der Waals surface area contributed by atoms with Crippen molar-refractivity contribution < 1.29 is 14.3 Å². The van der Waals surface area contributed by atoms with E-state index in [1.54, 1.807) is 24.5 Å². The normalized spacial score (nSPS) is 14.0. The van der Waals surface area contributed by atoms with Gasteiger partial charge in [-0.2, -0.15) is 0 Å².